The molecule has 0 saturated carbocycles. The van der Waals surface area contributed by atoms with Crippen molar-refractivity contribution in [3.8, 4) is 0 Å². The second-order valence-electron chi connectivity index (χ2n) is 5.58. The summed E-state index contributed by atoms with van der Waals surface area (Å²) in [6.45, 7) is 4.05. The number of unbranched alkanes of at least 4 members (excludes halogenated alkanes) is 7. The molecule has 1 N–H and O–H groups in total. The monoisotopic (exact) mass is 292 g/mol. The lowest BCUT2D eigenvalue weighted by Crippen LogP contribution is -2.14. The second kappa shape index (κ2) is 11.3. The number of nitro groups is 1. The van der Waals surface area contributed by atoms with Crippen LogP contribution in [0.4, 0.5) is 5.69 Å². The Hall–Kier alpha value is -1.42. The van der Waals surface area contributed by atoms with Crippen molar-refractivity contribution in [3.05, 3.63) is 39.9 Å². The third-order valence-corrected chi connectivity index (χ3v) is 3.68. The molecule has 0 aromatic heterocycles. The van der Waals surface area contributed by atoms with Crippen molar-refractivity contribution >= 4 is 5.69 Å². The van der Waals surface area contributed by atoms with Crippen molar-refractivity contribution in [1.82, 2.24) is 5.32 Å². The first-order valence-electron chi connectivity index (χ1n) is 8.18. The van der Waals surface area contributed by atoms with E-state index in [0.29, 0.717) is 0 Å². The van der Waals surface area contributed by atoms with Crippen LogP contribution in [-0.4, -0.2) is 11.5 Å². The fourth-order valence-electron chi connectivity index (χ4n) is 2.35. The third kappa shape index (κ3) is 8.45. The molecule has 0 saturated heterocycles. The molecule has 118 valence electrons. The molecule has 0 aliphatic rings. The molecule has 0 spiro atoms. The van der Waals surface area contributed by atoms with Gasteiger partial charge in [-0.25, -0.2) is 0 Å². The summed E-state index contributed by atoms with van der Waals surface area (Å²) >= 11 is 0. The molecule has 0 radical (unpaired) electrons. The highest BCUT2D eigenvalue weighted by molar-refractivity contribution is 5.32. The first kappa shape index (κ1) is 17.6. The second-order valence-corrected chi connectivity index (χ2v) is 5.58. The van der Waals surface area contributed by atoms with E-state index in [4.69, 9.17) is 0 Å². The summed E-state index contributed by atoms with van der Waals surface area (Å²) in [7, 11) is 0. The molecule has 0 amide bonds. The lowest BCUT2D eigenvalue weighted by molar-refractivity contribution is -0.384. The van der Waals surface area contributed by atoms with Gasteiger partial charge in [0.05, 0.1) is 4.92 Å². The molecule has 4 heteroatoms. The fraction of sp³-hybridized carbons (Fsp3) is 0.647. The van der Waals surface area contributed by atoms with E-state index in [1.807, 2.05) is 12.1 Å². The zero-order chi connectivity index (χ0) is 15.3. The first-order valence-corrected chi connectivity index (χ1v) is 8.18. The number of hydrogen-bond donors (Lipinski definition) is 1. The standard InChI is InChI=1S/C17H28N2O2/c1-2-3-4-5-6-7-8-9-14-18-15-16-10-12-17(13-11-16)19(20)21/h10-13,18H,2-9,14-15H2,1H3. The molecule has 1 aromatic rings. The summed E-state index contributed by atoms with van der Waals surface area (Å²) < 4.78 is 0. The van der Waals surface area contributed by atoms with Crippen LogP contribution < -0.4 is 5.32 Å². The zero-order valence-electron chi connectivity index (χ0n) is 13.1. The first-order chi connectivity index (χ1) is 10.2. The van der Waals surface area contributed by atoms with Crippen LogP contribution in [0.3, 0.4) is 0 Å². The highest BCUT2D eigenvalue weighted by Gasteiger charge is 2.03. The quantitative estimate of drug-likeness (QED) is 0.341. The van der Waals surface area contributed by atoms with Crippen molar-refractivity contribution in [3.63, 3.8) is 0 Å². The predicted molar refractivity (Wildman–Crippen MR) is 87.4 cm³/mol. The Morgan fingerprint density at radius 3 is 2.10 bits per heavy atom. The van der Waals surface area contributed by atoms with E-state index >= 15 is 0 Å². The molecule has 0 bridgehead atoms. The molecule has 21 heavy (non-hydrogen) atoms. The average Bonchev–Trinajstić information content (AvgIpc) is 2.49. The summed E-state index contributed by atoms with van der Waals surface area (Å²) in [4.78, 5) is 10.2. The lowest BCUT2D eigenvalue weighted by Gasteiger charge is -2.05. The van der Waals surface area contributed by atoms with Crippen molar-refractivity contribution in [1.29, 1.82) is 0 Å². The van der Waals surface area contributed by atoms with Crippen LogP contribution in [0.5, 0.6) is 0 Å². The summed E-state index contributed by atoms with van der Waals surface area (Å²) in [6, 6.07) is 6.76. The molecule has 0 atom stereocenters. The fourth-order valence-corrected chi connectivity index (χ4v) is 2.35. The summed E-state index contributed by atoms with van der Waals surface area (Å²) in [6.07, 6.45) is 10.6. The van der Waals surface area contributed by atoms with Gasteiger partial charge in [-0.1, -0.05) is 64.0 Å². The number of hydrogen-bond acceptors (Lipinski definition) is 3. The number of non-ortho nitro benzene ring substituents is 1. The van der Waals surface area contributed by atoms with Gasteiger partial charge in [-0.05, 0) is 18.5 Å². The van der Waals surface area contributed by atoms with E-state index in [1.54, 1.807) is 12.1 Å². The van der Waals surface area contributed by atoms with Crippen LogP contribution in [0, 0.1) is 10.1 Å². The Bertz CT molecular complexity index is 390. The van der Waals surface area contributed by atoms with Gasteiger partial charge in [0.15, 0.2) is 0 Å². The van der Waals surface area contributed by atoms with Crippen molar-refractivity contribution in [2.75, 3.05) is 6.54 Å². The average molecular weight is 292 g/mol. The topological polar surface area (TPSA) is 55.2 Å². The van der Waals surface area contributed by atoms with Crippen LogP contribution >= 0.6 is 0 Å². The Morgan fingerprint density at radius 1 is 0.952 bits per heavy atom. The van der Waals surface area contributed by atoms with E-state index in [1.165, 1.54) is 51.4 Å². The summed E-state index contributed by atoms with van der Waals surface area (Å²) in [5.41, 5.74) is 1.25. The van der Waals surface area contributed by atoms with Crippen LogP contribution in [0.15, 0.2) is 24.3 Å². The van der Waals surface area contributed by atoms with Gasteiger partial charge in [-0.3, -0.25) is 10.1 Å². The molecular formula is C17H28N2O2. The Balaban J connectivity index is 1.98. The van der Waals surface area contributed by atoms with Crippen LogP contribution in [0.2, 0.25) is 0 Å². The third-order valence-electron chi connectivity index (χ3n) is 3.68. The van der Waals surface area contributed by atoms with Crippen LogP contribution in [0.1, 0.15) is 63.9 Å². The minimum Gasteiger partial charge on any atom is -0.313 e. The van der Waals surface area contributed by atoms with E-state index in [-0.39, 0.29) is 10.6 Å². The van der Waals surface area contributed by atoms with E-state index < -0.39 is 0 Å². The minimum absolute atomic E-state index is 0.154. The number of nitro benzene ring substituents is 1. The number of nitrogens with one attached hydrogen (secondary N) is 1. The number of nitrogens with zero attached hydrogens (tertiary/aromatic N) is 1. The van der Waals surface area contributed by atoms with Gasteiger partial charge in [-0.15, -0.1) is 0 Å². The molecule has 0 aliphatic heterocycles. The van der Waals surface area contributed by atoms with Gasteiger partial charge in [-0.2, -0.15) is 0 Å². The van der Waals surface area contributed by atoms with Crippen molar-refractivity contribution in [2.45, 2.75) is 64.8 Å². The maximum Gasteiger partial charge on any atom is 0.269 e. The highest BCUT2D eigenvalue weighted by Crippen LogP contribution is 2.12. The van der Waals surface area contributed by atoms with Gasteiger partial charge < -0.3 is 5.32 Å². The van der Waals surface area contributed by atoms with Crippen LogP contribution in [0.25, 0.3) is 0 Å². The van der Waals surface area contributed by atoms with E-state index in [9.17, 15) is 10.1 Å². The minimum atomic E-state index is -0.363. The lowest BCUT2D eigenvalue weighted by atomic mass is 10.1. The SMILES string of the molecule is CCCCCCCCCCNCc1ccc([N+](=O)[O-])cc1. The predicted octanol–water partition coefficient (Wildman–Crippen LogP) is 4.83. The van der Waals surface area contributed by atoms with Gasteiger partial charge in [0.2, 0.25) is 0 Å². The van der Waals surface area contributed by atoms with Gasteiger partial charge >= 0.3 is 0 Å². The molecule has 1 aromatic carbocycles. The number of rotatable bonds is 12. The van der Waals surface area contributed by atoms with E-state index in [0.717, 1.165) is 18.7 Å². The Kier molecular flexibility index (Phi) is 9.46. The Morgan fingerprint density at radius 2 is 1.52 bits per heavy atom. The smallest absolute Gasteiger partial charge is 0.269 e. The van der Waals surface area contributed by atoms with Gasteiger partial charge in [0.25, 0.3) is 5.69 Å². The molecule has 0 unspecified atom stereocenters. The van der Waals surface area contributed by atoms with Gasteiger partial charge in [0.1, 0.15) is 0 Å². The molecule has 0 heterocycles. The largest absolute Gasteiger partial charge is 0.313 e. The summed E-state index contributed by atoms with van der Waals surface area (Å²) in [5.74, 6) is 0. The molecule has 1 rings (SSSR count). The van der Waals surface area contributed by atoms with Crippen molar-refractivity contribution < 1.29 is 4.92 Å². The van der Waals surface area contributed by atoms with E-state index in [2.05, 4.69) is 12.2 Å². The van der Waals surface area contributed by atoms with Crippen molar-refractivity contribution in [2.24, 2.45) is 0 Å². The highest BCUT2D eigenvalue weighted by atomic mass is 16.6. The molecule has 0 aliphatic carbocycles. The maximum atomic E-state index is 10.5. The maximum absolute atomic E-state index is 10.5. The summed E-state index contributed by atoms with van der Waals surface area (Å²) in [5, 5.41) is 13.9. The normalized spacial score (nSPS) is 10.7. The molecular weight excluding hydrogens is 264 g/mol. The van der Waals surface area contributed by atoms with Crippen LogP contribution in [-0.2, 0) is 6.54 Å². The van der Waals surface area contributed by atoms with Gasteiger partial charge in [0, 0.05) is 18.7 Å². The zero-order valence-corrected chi connectivity index (χ0v) is 13.1. The number of benzene rings is 1. The molecule has 0 fully saturated rings. The molecule has 4 nitrogen and oxygen atoms in total. The Labute approximate surface area is 128 Å².